The summed E-state index contributed by atoms with van der Waals surface area (Å²) < 4.78 is 0. The van der Waals surface area contributed by atoms with Crippen LogP contribution in [0.5, 0.6) is 0 Å². The minimum absolute atomic E-state index is 0.0615. The Morgan fingerprint density at radius 3 is 2.61 bits per heavy atom. The van der Waals surface area contributed by atoms with E-state index in [2.05, 4.69) is 15.6 Å². The smallest absolute Gasteiger partial charge is 0.354 e. The molecule has 0 bridgehead atoms. The zero-order chi connectivity index (χ0) is 13.5. The van der Waals surface area contributed by atoms with Gasteiger partial charge >= 0.3 is 12.0 Å². The Labute approximate surface area is 105 Å². The number of rotatable bonds is 5. The molecule has 0 radical (unpaired) electrons. The van der Waals surface area contributed by atoms with Crippen molar-refractivity contribution in [1.82, 2.24) is 15.2 Å². The number of anilines is 1. The molecule has 2 amide bonds. The Hall–Kier alpha value is -2.15. The van der Waals surface area contributed by atoms with E-state index in [0.717, 1.165) is 6.54 Å². The SMILES string of the molecule is CN(C)CCNC(=O)Nc1ccc(C(=O)O)nc1. The minimum Gasteiger partial charge on any atom is -0.477 e. The van der Waals surface area contributed by atoms with Crippen LogP contribution >= 0.6 is 0 Å². The summed E-state index contributed by atoms with van der Waals surface area (Å²) in [5, 5.41) is 13.9. The highest BCUT2D eigenvalue weighted by Gasteiger charge is 2.05. The van der Waals surface area contributed by atoms with Crippen LogP contribution in [0.3, 0.4) is 0 Å². The number of nitrogens with zero attached hydrogens (tertiary/aromatic N) is 2. The standard InChI is InChI=1S/C11H16N4O3/c1-15(2)6-5-12-11(18)14-8-3-4-9(10(16)17)13-7-8/h3-4,7H,5-6H2,1-2H3,(H,16,17)(H2,12,14,18). The van der Waals surface area contributed by atoms with Gasteiger partial charge in [-0.2, -0.15) is 0 Å². The van der Waals surface area contributed by atoms with Gasteiger partial charge in [-0.25, -0.2) is 14.6 Å². The fourth-order valence-corrected chi connectivity index (χ4v) is 1.16. The molecule has 0 saturated heterocycles. The van der Waals surface area contributed by atoms with Crippen molar-refractivity contribution >= 4 is 17.7 Å². The first-order valence-corrected chi connectivity index (χ1v) is 5.38. The Morgan fingerprint density at radius 2 is 2.11 bits per heavy atom. The summed E-state index contributed by atoms with van der Waals surface area (Å²) in [6, 6.07) is 2.47. The van der Waals surface area contributed by atoms with Gasteiger partial charge in [0.2, 0.25) is 0 Å². The van der Waals surface area contributed by atoms with Gasteiger partial charge in [-0.15, -0.1) is 0 Å². The van der Waals surface area contributed by atoms with Gasteiger partial charge in [-0.1, -0.05) is 0 Å². The molecule has 0 aliphatic rings. The second-order valence-corrected chi connectivity index (χ2v) is 3.92. The maximum Gasteiger partial charge on any atom is 0.354 e. The fraction of sp³-hybridized carbons (Fsp3) is 0.364. The van der Waals surface area contributed by atoms with Gasteiger partial charge in [-0.3, -0.25) is 0 Å². The summed E-state index contributed by atoms with van der Waals surface area (Å²) in [7, 11) is 3.82. The normalized spacial score (nSPS) is 10.2. The van der Waals surface area contributed by atoms with Crippen LogP contribution in [0.4, 0.5) is 10.5 Å². The second kappa shape index (κ2) is 6.55. The summed E-state index contributed by atoms with van der Waals surface area (Å²) >= 11 is 0. The summed E-state index contributed by atoms with van der Waals surface area (Å²) in [6.07, 6.45) is 1.30. The maximum absolute atomic E-state index is 11.4. The lowest BCUT2D eigenvalue weighted by Crippen LogP contribution is -2.34. The fourth-order valence-electron chi connectivity index (χ4n) is 1.16. The van der Waals surface area contributed by atoms with Gasteiger partial charge in [-0.05, 0) is 26.2 Å². The third-order valence-electron chi connectivity index (χ3n) is 2.09. The van der Waals surface area contributed by atoms with Gasteiger partial charge < -0.3 is 20.6 Å². The van der Waals surface area contributed by atoms with Crippen molar-refractivity contribution in [2.24, 2.45) is 0 Å². The van der Waals surface area contributed by atoms with Gasteiger partial charge in [0.05, 0.1) is 11.9 Å². The third-order valence-corrected chi connectivity index (χ3v) is 2.09. The molecule has 1 rings (SSSR count). The Morgan fingerprint density at radius 1 is 1.39 bits per heavy atom. The number of carboxylic acid groups (broad SMARTS) is 1. The van der Waals surface area contributed by atoms with Crippen LogP contribution in [0.2, 0.25) is 0 Å². The van der Waals surface area contributed by atoms with E-state index < -0.39 is 5.97 Å². The minimum atomic E-state index is -1.10. The van der Waals surface area contributed by atoms with E-state index in [4.69, 9.17) is 5.11 Å². The van der Waals surface area contributed by atoms with Crippen LogP contribution in [0.25, 0.3) is 0 Å². The highest BCUT2D eigenvalue weighted by Crippen LogP contribution is 2.05. The molecule has 0 atom stereocenters. The van der Waals surface area contributed by atoms with Crippen molar-refractivity contribution in [3.8, 4) is 0 Å². The zero-order valence-electron chi connectivity index (χ0n) is 10.3. The van der Waals surface area contributed by atoms with E-state index in [0.29, 0.717) is 12.2 Å². The van der Waals surface area contributed by atoms with Crippen molar-refractivity contribution in [2.75, 3.05) is 32.5 Å². The number of carbonyl (C=O) groups excluding carboxylic acids is 1. The summed E-state index contributed by atoms with van der Waals surface area (Å²) in [5.74, 6) is -1.10. The molecule has 0 saturated carbocycles. The lowest BCUT2D eigenvalue weighted by atomic mass is 10.3. The van der Waals surface area contributed by atoms with Gasteiger partial charge in [0.15, 0.2) is 0 Å². The number of carboxylic acids is 1. The molecule has 7 heteroatoms. The molecule has 7 nitrogen and oxygen atoms in total. The first-order valence-electron chi connectivity index (χ1n) is 5.38. The summed E-state index contributed by atoms with van der Waals surface area (Å²) in [4.78, 5) is 27.6. The van der Waals surface area contributed by atoms with Crippen LogP contribution in [0.1, 0.15) is 10.5 Å². The van der Waals surface area contributed by atoms with E-state index in [-0.39, 0.29) is 11.7 Å². The number of amides is 2. The van der Waals surface area contributed by atoms with Crippen molar-refractivity contribution in [3.05, 3.63) is 24.0 Å². The lowest BCUT2D eigenvalue weighted by molar-refractivity contribution is 0.0690. The number of hydrogen-bond acceptors (Lipinski definition) is 4. The molecule has 1 heterocycles. The highest BCUT2D eigenvalue weighted by atomic mass is 16.4. The number of urea groups is 1. The van der Waals surface area contributed by atoms with Crippen LogP contribution in [0.15, 0.2) is 18.3 Å². The van der Waals surface area contributed by atoms with Crippen LogP contribution in [-0.4, -0.2) is 54.2 Å². The van der Waals surface area contributed by atoms with Crippen molar-refractivity contribution in [2.45, 2.75) is 0 Å². The highest BCUT2D eigenvalue weighted by molar-refractivity contribution is 5.90. The number of aromatic carboxylic acids is 1. The molecule has 18 heavy (non-hydrogen) atoms. The van der Waals surface area contributed by atoms with E-state index in [1.54, 1.807) is 0 Å². The number of pyridine rings is 1. The van der Waals surface area contributed by atoms with E-state index in [9.17, 15) is 9.59 Å². The molecule has 0 unspecified atom stereocenters. The largest absolute Gasteiger partial charge is 0.477 e. The van der Waals surface area contributed by atoms with Crippen molar-refractivity contribution in [3.63, 3.8) is 0 Å². The van der Waals surface area contributed by atoms with Gasteiger partial charge in [0.1, 0.15) is 5.69 Å². The predicted molar refractivity (Wildman–Crippen MR) is 66.8 cm³/mol. The average Bonchev–Trinajstić information content (AvgIpc) is 2.29. The summed E-state index contributed by atoms with van der Waals surface area (Å²) in [5.41, 5.74) is 0.385. The predicted octanol–water partition coefficient (Wildman–Crippen LogP) is 0.463. The average molecular weight is 252 g/mol. The first-order chi connectivity index (χ1) is 8.49. The zero-order valence-corrected chi connectivity index (χ0v) is 10.3. The molecular weight excluding hydrogens is 236 g/mol. The third kappa shape index (κ3) is 4.79. The topological polar surface area (TPSA) is 94.6 Å². The van der Waals surface area contributed by atoms with Gasteiger partial charge in [0.25, 0.3) is 0 Å². The van der Waals surface area contributed by atoms with E-state index in [1.165, 1.54) is 18.3 Å². The number of likely N-dealkylation sites (N-methyl/N-ethyl adjacent to an activating group) is 1. The molecule has 3 N–H and O–H groups in total. The molecule has 0 fully saturated rings. The van der Waals surface area contributed by atoms with Crippen LogP contribution in [0, 0.1) is 0 Å². The van der Waals surface area contributed by atoms with E-state index in [1.807, 2.05) is 19.0 Å². The first kappa shape index (κ1) is 13.9. The quantitative estimate of drug-likeness (QED) is 0.707. The monoisotopic (exact) mass is 252 g/mol. The number of nitrogens with one attached hydrogen (secondary N) is 2. The lowest BCUT2D eigenvalue weighted by Gasteiger charge is -2.11. The van der Waals surface area contributed by atoms with Crippen LogP contribution < -0.4 is 10.6 Å². The van der Waals surface area contributed by atoms with Crippen molar-refractivity contribution in [1.29, 1.82) is 0 Å². The Bertz CT molecular complexity index is 417. The molecule has 98 valence electrons. The maximum atomic E-state index is 11.4. The molecular formula is C11H16N4O3. The Balaban J connectivity index is 2.42. The van der Waals surface area contributed by atoms with Crippen molar-refractivity contribution < 1.29 is 14.7 Å². The molecule has 0 aromatic carbocycles. The number of aromatic nitrogens is 1. The number of carbonyl (C=O) groups is 2. The molecule has 1 aromatic rings. The number of hydrogen-bond donors (Lipinski definition) is 3. The molecule has 0 aliphatic carbocycles. The Kier molecular flexibility index (Phi) is 5.06. The van der Waals surface area contributed by atoms with E-state index >= 15 is 0 Å². The summed E-state index contributed by atoms with van der Waals surface area (Å²) in [6.45, 7) is 1.27. The second-order valence-electron chi connectivity index (χ2n) is 3.92. The molecule has 0 aliphatic heterocycles. The van der Waals surface area contributed by atoms with Crippen LogP contribution in [-0.2, 0) is 0 Å². The molecule has 1 aromatic heterocycles. The van der Waals surface area contributed by atoms with Gasteiger partial charge in [0, 0.05) is 13.1 Å². The molecule has 0 spiro atoms.